The number of imidazole rings is 1. The first kappa shape index (κ1) is 16.4. The lowest BCUT2D eigenvalue weighted by atomic mass is 10.1. The zero-order chi connectivity index (χ0) is 15.1. The molecule has 0 amide bonds. The van der Waals surface area contributed by atoms with E-state index in [0.717, 1.165) is 17.9 Å². The number of unbranched alkanes of at least 4 members (excludes halogenated alkanes) is 6. The second-order valence-electron chi connectivity index (χ2n) is 6.71. The van der Waals surface area contributed by atoms with Crippen LogP contribution in [0.3, 0.4) is 0 Å². The fourth-order valence-corrected chi connectivity index (χ4v) is 3.57. The molecule has 0 unspecified atom stereocenters. The molecule has 0 aromatic carbocycles. The predicted molar refractivity (Wildman–Crippen MR) is 90.5 cm³/mol. The Morgan fingerprint density at radius 2 is 1.67 bits per heavy atom. The lowest BCUT2D eigenvalue weighted by Crippen LogP contribution is -2.05. The second kappa shape index (κ2) is 8.45. The molecule has 2 rings (SSSR count). The largest absolute Gasteiger partial charge is 0.384 e. The fraction of sp³-hybridized carbons (Fsp3) is 0.833. The van der Waals surface area contributed by atoms with Gasteiger partial charge in [-0.3, -0.25) is 0 Å². The van der Waals surface area contributed by atoms with Crippen LogP contribution in [0.25, 0.3) is 0 Å². The average molecular weight is 291 g/mol. The number of nitrogens with two attached hydrogens (primary N) is 1. The van der Waals surface area contributed by atoms with E-state index in [2.05, 4.69) is 18.5 Å². The molecule has 1 aliphatic rings. The molecule has 2 N–H and O–H groups in total. The maximum absolute atomic E-state index is 6.25. The van der Waals surface area contributed by atoms with Crippen molar-refractivity contribution >= 4 is 5.82 Å². The van der Waals surface area contributed by atoms with Crippen LogP contribution < -0.4 is 5.73 Å². The minimum Gasteiger partial charge on any atom is -0.384 e. The number of hydrogen-bond donors (Lipinski definition) is 1. The second-order valence-corrected chi connectivity index (χ2v) is 6.71. The van der Waals surface area contributed by atoms with Crippen LogP contribution in [0.15, 0.2) is 0 Å². The number of aromatic nitrogens is 2. The Morgan fingerprint density at radius 1 is 1.05 bits per heavy atom. The van der Waals surface area contributed by atoms with Crippen LogP contribution in [0.4, 0.5) is 5.82 Å². The van der Waals surface area contributed by atoms with Crippen molar-refractivity contribution in [3.63, 3.8) is 0 Å². The molecule has 1 aromatic heterocycles. The summed E-state index contributed by atoms with van der Waals surface area (Å²) >= 11 is 0. The molecule has 0 saturated heterocycles. The number of anilines is 1. The van der Waals surface area contributed by atoms with E-state index in [1.54, 1.807) is 0 Å². The highest BCUT2D eigenvalue weighted by molar-refractivity contribution is 5.38. The van der Waals surface area contributed by atoms with Crippen LogP contribution in [0.5, 0.6) is 0 Å². The molecule has 0 bridgehead atoms. The molecular formula is C18H33N3. The van der Waals surface area contributed by atoms with Gasteiger partial charge in [-0.05, 0) is 25.7 Å². The molecule has 1 aromatic rings. The van der Waals surface area contributed by atoms with Gasteiger partial charge >= 0.3 is 0 Å². The third-order valence-electron chi connectivity index (χ3n) is 4.99. The molecule has 120 valence electrons. The van der Waals surface area contributed by atoms with E-state index in [1.807, 2.05) is 0 Å². The SMILES string of the molecule is CCCCCCCCCc1nc(C2CCCC2)n(C)c1N. The Balaban J connectivity index is 1.76. The number of nitrogen functional groups attached to an aromatic ring is 1. The maximum atomic E-state index is 6.25. The molecule has 1 saturated carbocycles. The molecule has 0 radical (unpaired) electrons. The summed E-state index contributed by atoms with van der Waals surface area (Å²) in [6.07, 6.45) is 15.8. The van der Waals surface area contributed by atoms with E-state index < -0.39 is 0 Å². The number of hydrogen-bond acceptors (Lipinski definition) is 2. The molecule has 0 aliphatic heterocycles. The van der Waals surface area contributed by atoms with Gasteiger partial charge in [-0.25, -0.2) is 4.98 Å². The van der Waals surface area contributed by atoms with Crippen LogP contribution in [0.2, 0.25) is 0 Å². The van der Waals surface area contributed by atoms with Crippen molar-refractivity contribution in [2.45, 2.75) is 89.9 Å². The van der Waals surface area contributed by atoms with Gasteiger partial charge in [0.05, 0.1) is 5.69 Å². The predicted octanol–water partition coefficient (Wildman–Crippen LogP) is 4.95. The molecule has 21 heavy (non-hydrogen) atoms. The van der Waals surface area contributed by atoms with Crippen LogP contribution >= 0.6 is 0 Å². The van der Waals surface area contributed by atoms with Gasteiger partial charge in [0.1, 0.15) is 11.6 Å². The summed E-state index contributed by atoms with van der Waals surface area (Å²) in [6.45, 7) is 2.27. The molecule has 0 atom stereocenters. The van der Waals surface area contributed by atoms with Gasteiger partial charge in [0, 0.05) is 13.0 Å². The Morgan fingerprint density at radius 3 is 2.33 bits per heavy atom. The van der Waals surface area contributed by atoms with E-state index in [-0.39, 0.29) is 0 Å². The summed E-state index contributed by atoms with van der Waals surface area (Å²) in [4.78, 5) is 4.88. The first-order chi connectivity index (χ1) is 10.2. The van der Waals surface area contributed by atoms with Gasteiger partial charge in [-0.15, -0.1) is 0 Å². The van der Waals surface area contributed by atoms with Gasteiger partial charge in [0.25, 0.3) is 0 Å². The zero-order valence-electron chi connectivity index (χ0n) is 14.0. The molecule has 3 nitrogen and oxygen atoms in total. The van der Waals surface area contributed by atoms with Crippen molar-refractivity contribution in [2.75, 3.05) is 5.73 Å². The minimum atomic E-state index is 0.653. The fourth-order valence-electron chi connectivity index (χ4n) is 3.57. The number of nitrogens with zero attached hydrogens (tertiary/aromatic N) is 2. The van der Waals surface area contributed by atoms with E-state index in [1.165, 1.54) is 76.5 Å². The van der Waals surface area contributed by atoms with Crippen LogP contribution in [0.1, 0.15) is 95.0 Å². The molecule has 3 heteroatoms. The van der Waals surface area contributed by atoms with Crippen molar-refractivity contribution < 1.29 is 0 Å². The molecule has 0 spiro atoms. The zero-order valence-corrected chi connectivity index (χ0v) is 14.0. The highest BCUT2D eigenvalue weighted by atomic mass is 15.1. The van der Waals surface area contributed by atoms with Crippen molar-refractivity contribution in [3.05, 3.63) is 11.5 Å². The number of aryl methyl sites for hydroxylation is 1. The summed E-state index contributed by atoms with van der Waals surface area (Å²) in [7, 11) is 2.09. The van der Waals surface area contributed by atoms with Gasteiger partial charge in [-0.1, -0.05) is 58.3 Å². The molecule has 1 fully saturated rings. The summed E-state index contributed by atoms with van der Waals surface area (Å²) in [5.74, 6) is 2.80. The summed E-state index contributed by atoms with van der Waals surface area (Å²) in [5.41, 5.74) is 7.40. The van der Waals surface area contributed by atoms with Gasteiger partial charge in [-0.2, -0.15) is 0 Å². The molecular weight excluding hydrogens is 258 g/mol. The monoisotopic (exact) mass is 291 g/mol. The van der Waals surface area contributed by atoms with Gasteiger partial charge < -0.3 is 10.3 Å². The Bertz CT molecular complexity index is 416. The Kier molecular flexibility index (Phi) is 6.59. The van der Waals surface area contributed by atoms with Crippen molar-refractivity contribution in [2.24, 2.45) is 7.05 Å². The minimum absolute atomic E-state index is 0.653. The van der Waals surface area contributed by atoms with Crippen LogP contribution in [-0.2, 0) is 13.5 Å². The average Bonchev–Trinajstić information content (AvgIpc) is 3.10. The summed E-state index contributed by atoms with van der Waals surface area (Å²) in [5, 5.41) is 0. The van der Waals surface area contributed by atoms with Crippen LogP contribution in [0, 0.1) is 0 Å². The standard InChI is InChI=1S/C18H33N3/c1-3-4-5-6-7-8-9-14-16-17(19)21(2)18(20-16)15-12-10-11-13-15/h15H,3-14,19H2,1-2H3. The Hall–Kier alpha value is -0.990. The first-order valence-corrected chi connectivity index (χ1v) is 9.05. The van der Waals surface area contributed by atoms with Crippen molar-refractivity contribution in [1.82, 2.24) is 9.55 Å². The molecule has 1 heterocycles. The van der Waals surface area contributed by atoms with E-state index >= 15 is 0 Å². The highest BCUT2D eigenvalue weighted by Crippen LogP contribution is 2.34. The third kappa shape index (κ3) is 4.49. The Labute approximate surface area is 130 Å². The quantitative estimate of drug-likeness (QED) is 0.654. The van der Waals surface area contributed by atoms with Crippen LogP contribution in [-0.4, -0.2) is 9.55 Å². The van der Waals surface area contributed by atoms with E-state index in [0.29, 0.717) is 5.92 Å². The number of rotatable bonds is 9. The normalized spacial score (nSPS) is 15.9. The lowest BCUT2D eigenvalue weighted by molar-refractivity contribution is 0.587. The van der Waals surface area contributed by atoms with Crippen molar-refractivity contribution in [1.29, 1.82) is 0 Å². The molecule has 1 aliphatic carbocycles. The maximum Gasteiger partial charge on any atom is 0.126 e. The van der Waals surface area contributed by atoms with Gasteiger partial charge in [0.15, 0.2) is 0 Å². The van der Waals surface area contributed by atoms with E-state index in [4.69, 9.17) is 10.7 Å². The smallest absolute Gasteiger partial charge is 0.126 e. The van der Waals surface area contributed by atoms with Crippen molar-refractivity contribution in [3.8, 4) is 0 Å². The topological polar surface area (TPSA) is 43.8 Å². The first-order valence-electron chi connectivity index (χ1n) is 9.05. The van der Waals surface area contributed by atoms with Gasteiger partial charge in [0.2, 0.25) is 0 Å². The third-order valence-corrected chi connectivity index (χ3v) is 4.99. The highest BCUT2D eigenvalue weighted by Gasteiger charge is 2.23. The van der Waals surface area contributed by atoms with E-state index in [9.17, 15) is 0 Å². The summed E-state index contributed by atoms with van der Waals surface area (Å²) < 4.78 is 2.15. The summed E-state index contributed by atoms with van der Waals surface area (Å²) in [6, 6.07) is 0. The lowest BCUT2D eigenvalue weighted by Gasteiger charge is -2.08.